The molecule has 150 valence electrons. The summed E-state index contributed by atoms with van der Waals surface area (Å²) in [6.07, 6.45) is 2.09. The van der Waals surface area contributed by atoms with E-state index in [1.54, 1.807) is 19.2 Å². The molecule has 1 aliphatic heterocycles. The van der Waals surface area contributed by atoms with Crippen molar-refractivity contribution < 1.29 is 4.79 Å². The quantitative estimate of drug-likeness (QED) is 0.625. The Hall–Kier alpha value is -3.26. The molecule has 29 heavy (non-hydrogen) atoms. The highest BCUT2D eigenvalue weighted by molar-refractivity contribution is 5.94. The van der Waals surface area contributed by atoms with Crippen LogP contribution in [0.15, 0.2) is 36.4 Å². The summed E-state index contributed by atoms with van der Waals surface area (Å²) in [5.41, 5.74) is 8.99. The van der Waals surface area contributed by atoms with Crippen molar-refractivity contribution in [2.24, 2.45) is 0 Å². The van der Waals surface area contributed by atoms with E-state index in [1.165, 1.54) is 0 Å². The van der Waals surface area contributed by atoms with Crippen molar-refractivity contribution in [3.8, 4) is 11.3 Å². The van der Waals surface area contributed by atoms with Crippen molar-refractivity contribution in [1.29, 1.82) is 0 Å². The summed E-state index contributed by atoms with van der Waals surface area (Å²) in [6.45, 7) is 2.10. The summed E-state index contributed by atoms with van der Waals surface area (Å²) in [6, 6.07) is 11.4. The van der Waals surface area contributed by atoms with Crippen LogP contribution < -0.4 is 16.4 Å². The minimum absolute atomic E-state index is 0.117. The standard InChI is InChI=1S/C21H25N7O/c1-23-20(29)14-5-3-13(4-6-14)17-8-7-16-18(22)26-21(27-19(16)25-17)24-15-9-11-28(2)12-10-15/h3-8,15H,9-12H2,1-2H3,(H,23,29)(H3,22,24,25,26,27). The Labute approximate surface area is 169 Å². The Morgan fingerprint density at radius 3 is 2.48 bits per heavy atom. The van der Waals surface area contributed by atoms with Crippen LogP contribution in [-0.4, -0.2) is 59.0 Å². The number of nitrogens with one attached hydrogen (secondary N) is 2. The highest BCUT2D eigenvalue weighted by Gasteiger charge is 2.18. The normalized spacial score (nSPS) is 15.4. The third-order valence-electron chi connectivity index (χ3n) is 5.31. The van der Waals surface area contributed by atoms with Gasteiger partial charge in [-0.15, -0.1) is 0 Å². The number of pyridine rings is 1. The van der Waals surface area contributed by atoms with Crippen LogP contribution in [0.2, 0.25) is 0 Å². The van der Waals surface area contributed by atoms with Crippen molar-refractivity contribution >= 4 is 28.7 Å². The van der Waals surface area contributed by atoms with Gasteiger partial charge in [-0.25, -0.2) is 4.98 Å². The van der Waals surface area contributed by atoms with Crippen LogP contribution in [0.25, 0.3) is 22.3 Å². The van der Waals surface area contributed by atoms with Gasteiger partial charge in [0.1, 0.15) is 5.82 Å². The first-order valence-electron chi connectivity index (χ1n) is 9.75. The number of hydrogen-bond donors (Lipinski definition) is 3. The Morgan fingerprint density at radius 1 is 1.07 bits per heavy atom. The van der Waals surface area contributed by atoms with E-state index in [0.717, 1.165) is 42.6 Å². The van der Waals surface area contributed by atoms with Gasteiger partial charge in [0.2, 0.25) is 5.95 Å². The lowest BCUT2D eigenvalue weighted by atomic mass is 10.1. The molecular formula is C21H25N7O. The molecule has 0 saturated carbocycles. The molecule has 1 saturated heterocycles. The first kappa shape index (κ1) is 19.1. The molecule has 1 aliphatic rings. The van der Waals surface area contributed by atoms with E-state index in [2.05, 4.69) is 37.5 Å². The predicted molar refractivity (Wildman–Crippen MR) is 115 cm³/mol. The molecule has 0 aliphatic carbocycles. The van der Waals surface area contributed by atoms with E-state index < -0.39 is 0 Å². The van der Waals surface area contributed by atoms with E-state index in [4.69, 9.17) is 5.73 Å². The van der Waals surface area contributed by atoms with Gasteiger partial charge in [0, 0.05) is 24.2 Å². The zero-order chi connectivity index (χ0) is 20.4. The zero-order valence-electron chi connectivity index (χ0n) is 16.6. The van der Waals surface area contributed by atoms with E-state index in [0.29, 0.717) is 29.0 Å². The highest BCUT2D eigenvalue weighted by atomic mass is 16.1. The highest BCUT2D eigenvalue weighted by Crippen LogP contribution is 2.24. The average Bonchev–Trinajstić information content (AvgIpc) is 2.74. The Kier molecular flexibility index (Phi) is 5.26. The van der Waals surface area contributed by atoms with Crippen LogP contribution >= 0.6 is 0 Å². The molecule has 0 bridgehead atoms. The molecule has 1 aromatic carbocycles. The maximum Gasteiger partial charge on any atom is 0.251 e. The Morgan fingerprint density at radius 2 is 1.79 bits per heavy atom. The number of anilines is 2. The number of carbonyl (C=O) groups is 1. The van der Waals surface area contributed by atoms with Crippen LogP contribution in [0.1, 0.15) is 23.2 Å². The number of nitrogens with zero attached hydrogens (tertiary/aromatic N) is 4. The fourth-order valence-electron chi connectivity index (χ4n) is 3.53. The molecule has 0 radical (unpaired) electrons. The molecule has 0 unspecified atom stereocenters. The monoisotopic (exact) mass is 391 g/mol. The number of nitrogen functional groups attached to an aromatic ring is 1. The molecule has 8 nitrogen and oxygen atoms in total. The molecule has 1 amide bonds. The number of likely N-dealkylation sites (tertiary alicyclic amines) is 1. The topological polar surface area (TPSA) is 109 Å². The second-order valence-corrected chi connectivity index (χ2v) is 7.38. The van der Waals surface area contributed by atoms with E-state index in [9.17, 15) is 4.79 Å². The number of amides is 1. The summed E-state index contributed by atoms with van der Waals surface area (Å²) < 4.78 is 0. The molecule has 0 spiro atoms. The van der Waals surface area contributed by atoms with Gasteiger partial charge in [0.05, 0.1) is 11.1 Å². The fraction of sp³-hybridized carbons (Fsp3) is 0.333. The number of hydrogen-bond acceptors (Lipinski definition) is 7. The first-order chi connectivity index (χ1) is 14.0. The van der Waals surface area contributed by atoms with Gasteiger partial charge in [0.15, 0.2) is 5.65 Å². The third kappa shape index (κ3) is 4.12. The van der Waals surface area contributed by atoms with Gasteiger partial charge in [0.25, 0.3) is 5.91 Å². The molecule has 8 heteroatoms. The van der Waals surface area contributed by atoms with E-state index in [-0.39, 0.29) is 5.91 Å². The largest absolute Gasteiger partial charge is 0.383 e. The smallest absolute Gasteiger partial charge is 0.251 e. The van der Waals surface area contributed by atoms with Crippen LogP contribution in [0.5, 0.6) is 0 Å². The SMILES string of the molecule is CNC(=O)c1ccc(-c2ccc3c(N)nc(NC4CCN(C)CC4)nc3n2)cc1. The van der Waals surface area contributed by atoms with Gasteiger partial charge < -0.3 is 21.3 Å². The molecule has 3 aromatic rings. The zero-order valence-corrected chi connectivity index (χ0v) is 16.6. The number of benzene rings is 1. The summed E-state index contributed by atoms with van der Waals surface area (Å²) in [5, 5.41) is 6.75. The van der Waals surface area contributed by atoms with Crippen molar-refractivity contribution in [3.63, 3.8) is 0 Å². The number of nitrogens with two attached hydrogens (primary N) is 1. The van der Waals surface area contributed by atoms with Gasteiger partial charge in [-0.2, -0.15) is 9.97 Å². The minimum Gasteiger partial charge on any atom is -0.383 e. The van der Waals surface area contributed by atoms with Gasteiger partial charge in [-0.1, -0.05) is 12.1 Å². The third-order valence-corrected chi connectivity index (χ3v) is 5.31. The second-order valence-electron chi connectivity index (χ2n) is 7.38. The molecule has 4 N–H and O–H groups in total. The number of fused-ring (bicyclic) bond motifs is 1. The number of piperidine rings is 1. The lowest BCUT2D eigenvalue weighted by Gasteiger charge is -2.29. The lowest BCUT2D eigenvalue weighted by molar-refractivity contribution is 0.0963. The lowest BCUT2D eigenvalue weighted by Crippen LogP contribution is -2.37. The number of aromatic nitrogens is 3. The van der Waals surface area contributed by atoms with E-state index in [1.807, 2.05) is 24.3 Å². The summed E-state index contributed by atoms with van der Waals surface area (Å²) >= 11 is 0. The van der Waals surface area contributed by atoms with Crippen LogP contribution in [0.3, 0.4) is 0 Å². The second kappa shape index (κ2) is 8.00. The van der Waals surface area contributed by atoms with Gasteiger partial charge in [-0.05, 0) is 57.2 Å². The molecule has 0 atom stereocenters. The number of rotatable bonds is 4. The van der Waals surface area contributed by atoms with Crippen molar-refractivity contribution in [2.75, 3.05) is 38.2 Å². The van der Waals surface area contributed by atoms with Crippen LogP contribution in [-0.2, 0) is 0 Å². The van der Waals surface area contributed by atoms with Gasteiger partial charge in [-0.3, -0.25) is 4.79 Å². The average molecular weight is 391 g/mol. The predicted octanol–water partition coefficient (Wildman–Crippen LogP) is 2.14. The number of carbonyl (C=O) groups excluding carboxylic acids is 1. The maximum atomic E-state index is 11.7. The van der Waals surface area contributed by atoms with E-state index >= 15 is 0 Å². The molecule has 3 heterocycles. The summed E-state index contributed by atoms with van der Waals surface area (Å²) in [4.78, 5) is 27.7. The first-order valence-corrected chi connectivity index (χ1v) is 9.75. The Balaban J connectivity index is 1.61. The van der Waals surface area contributed by atoms with Crippen molar-refractivity contribution in [3.05, 3.63) is 42.0 Å². The fourth-order valence-corrected chi connectivity index (χ4v) is 3.53. The van der Waals surface area contributed by atoms with Crippen molar-refractivity contribution in [2.45, 2.75) is 18.9 Å². The molecular weight excluding hydrogens is 366 g/mol. The summed E-state index contributed by atoms with van der Waals surface area (Å²) in [5.74, 6) is 0.816. The van der Waals surface area contributed by atoms with Gasteiger partial charge >= 0.3 is 0 Å². The molecule has 2 aromatic heterocycles. The van der Waals surface area contributed by atoms with Crippen LogP contribution in [0.4, 0.5) is 11.8 Å². The summed E-state index contributed by atoms with van der Waals surface area (Å²) in [7, 11) is 3.75. The Bertz CT molecular complexity index is 1030. The van der Waals surface area contributed by atoms with Crippen LogP contribution in [0, 0.1) is 0 Å². The maximum absolute atomic E-state index is 11.7. The van der Waals surface area contributed by atoms with Crippen molar-refractivity contribution in [1.82, 2.24) is 25.2 Å². The molecule has 4 rings (SSSR count). The molecule has 1 fully saturated rings. The minimum atomic E-state index is -0.117.